The molecule has 3 rings (SSSR count). The molecule has 2 heterocycles. The van der Waals surface area contributed by atoms with Crippen molar-refractivity contribution in [1.82, 2.24) is 9.97 Å². The number of para-hydroxylation sites is 1. The minimum absolute atomic E-state index is 0.104. The summed E-state index contributed by atoms with van der Waals surface area (Å²) in [6.45, 7) is 1.96. The molecule has 1 N–H and O–H groups in total. The van der Waals surface area contributed by atoms with Gasteiger partial charge >= 0.3 is 0 Å². The first-order chi connectivity index (χ1) is 9.70. The lowest BCUT2D eigenvalue weighted by Crippen LogP contribution is -2.11. The van der Waals surface area contributed by atoms with E-state index < -0.39 is 0 Å². The van der Waals surface area contributed by atoms with Gasteiger partial charge in [0.05, 0.1) is 12.7 Å². The van der Waals surface area contributed by atoms with Crippen LogP contribution < -0.4 is 10.3 Å². The van der Waals surface area contributed by atoms with Crippen LogP contribution in [0, 0.1) is 6.92 Å². The quantitative estimate of drug-likeness (QED) is 0.776. The minimum atomic E-state index is -0.104. The molecule has 0 aliphatic carbocycles. The molecule has 0 amide bonds. The van der Waals surface area contributed by atoms with E-state index in [4.69, 9.17) is 4.74 Å². The van der Waals surface area contributed by atoms with Gasteiger partial charge in [0.2, 0.25) is 5.88 Å². The number of rotatable bonds is 2. The lowest BCUT2D eigenvalue weighted by atomic mass is 10.00. The number of methoxy groups -OCH3 is 1. The first kappa shape index (κ1) is 12.4. The number of nitrogens with one attached hydrogen (secondary N) is 1. The van der Waals surface area contributed by atoms with Crippen molar-refractivity contribution in [2.45, 2.75) is 6.92 Å². The average Bonchev–Trinajstić information content (AvgIpc) is 2.48. The van der Waals surface area contributed by atoms with E-state index in [2.05, 4.69) is 9.97 Å². The fourth-order valence-electron chi connectivity index (χ4n) is 2.41. The van der Waals surface area contributed by atoms with Crippen molar-refractivity contribution in [2.24, 2.45) is 0 Å². The largest absolute Gasteiger partial charge is 0.481 e. The Morgan fingerprint density at radius 3 is 2.65 bits per heavy atom. The predicted octanol–water partition coefficient (Wildman–Crippen LogP) is 2.91. The summed E-state index contributed by atoms with van der Waals surface area (Å²) < 4.78 is 5.04. The zero-order valence-electron chi connectivity index (χ0n) is 11.3. The Balaban J connectivity index is 2.27. The molecule has 0 radical (unpaired) electrons. The maximum atomic E-state index is 12.3. The normalized spacial score (nSPS) is 10.7. The monoisotopic (exact) mass is 266 g/mol. The van der Waals surface area contributed by atoms with Crippen LogP contribution in [0.1, 0.15) is 5.56 Å². The van der Waals surface area contributed by atoms with Gasteiger partial charge in [0.15, 0.2) is 0 Å². The summed E-state index contributed by atoms with van der Waals surface area (Å²) in [6.07, 6.45) is 1.66. The topological polar surface area (TPSA) is 55.0 Å². The molecule has 4 nitrogen and oxygen atoms in total. The summed E-state index contributed by atoms with van der Waals surface area (Å²) in [4.78, 5) is 19.4. The van der Waals surface area contributed by atoms with Crippen molar-refractivity contribution in [3.05, 3.63) is 58.5 Å². The van der Waals surface area contributed by atoms with E-state index in [1.165, 1.54) is 0 Å². The Morgan fingerprint density at radius 1 is 1.15 bits per heavy atom. The molecule has 0 fully saturated rings. The number of hydrogen-bond acceptors (Lipinski definition) is 3. The van der Waals surface area contributed by atoms with Crippen LogP contribution >= 0.6 is 0 Å². The number of aromatic nitrogens is 2. The third-order valence-electron chi connectivity index (χ3n) is 3.42. The van der Waals surface area contributed by atoms with E-state index in [1.807, 2.05) is 37.3 Å². The fourth-order valence-corrected chi connectivity index (χ4v) is 2.41. The minimum Gasteiger partial charge on any atom is -0.481 e. The summed E-state index contributed by atoms with van der Waals surface area (Å²) in [5.41, 5.74) is 3.14. The molecule has 0 unspecified atom stereocenters. The molecule has 0 bridgehead atoms. The van der Waals surface area contributed by atoms with Crippen LogP contribution in [0.3, 0.4) is 0 Å². The summed E-state index contributed by atoms with van der Waals surface area (Å²) in [5, 5.41) is 1.04. The van der Waals surface area contributed by atoms with E-state index in [9.17, 15) is 4.79 Å². The second kappa shape index (κ2) is 4.81. The van der Waals surface area contributed by atoms with Gasteiger partial charge in [0.1, 0.15) is 0 Å². The van der Waals surface area contributed by atoms with Gasteiger partial charge in [-0.2, -0.15) is 0 Å². The Morgan fingerprint density at radius 2 is 1.95 bits per heavy atom. The van der Waals surface area contributed by atoms with Gasteiger partial charge in [-0.05, 0) is 24.6 Å². The van der Waals surface area contributed by atoms with Gasteiger partial charge in [0.25, 0.3) is 5.56 Å². The number of nitrogens with zero attached hydrogens (tertiary/aromatic N) is 1. The highest BCUT2D eigenvalue weighted by molar-refractivity contribution is 5.87. The molecule has 0 aliphatic heterocycles. The first-order valence-electron chi connectivity index (χ1n) is 6.33. The number of ether oxygens (including phenoxy) is 1. The van der Waals surface area contributed by atoms with Gasteiger partial charge in [-0.3, -0.25) is 4.79 Å². The zero-order chi connectivity index (χ0) is 14.1. The van der Waals surface area contributed by atoms with Crippen molar-refractivity contribution >= 4 is 10.9 Å². The highest BCUT2D eigenvalue weighted by atomic mass is 16.5. The van der Waals surface area contributed by atoms with E-state index >= 15 is 0 Å². The summed E-state index contributed by atoms with van der Waals surface area (Å²) in [5.74, 6) is 0.531. The standard InChI is InChI=1S/C16H14N2O2/c1-10-12-5-3-4-6-13(12)18-16(19)15(10)11-7-8-14(20-2)17-9-11/h3-9H,1-2H3,(H,18,19). The van der Waals surface area contributed by atoms with E-state index in [0.717, 1.165) is 22.0 Å². The molecule has 0 spiro atoms. The number of aromatic amines is 1. The number of fused-ring (bicyclic) bond motifs is 1. The van der Waals surface area contributed by atoms with Crippen molar-refractivity contribution < 1.29 is 4.74 Å². The SMILES string of the molecule is COc1ccc(-c2c(C)c3ccccc3[nH]c2=O)cn1. The lowest BCUT2D eigenvalue weighted by molar-refractivity contribution is 0.398. The highest BCUT2D eigenvalue weighted by Crippen LogP contribution is 2.25. The van der Waals surface area contributed by atoms with Crippen molar-refractivity contribution in [2.75, 3.05) is 7.11 Å². The molecule has 100 valence electrons. The molecule has 2 aromatic heterocycles. The van der Waals surface area contributed by atoms with Crippen molar-refractivity contribution in [3.8, 4) is 17.0 Å². The smallest absolute Gasteiger partial charge is 0.256 e. The highest BCUT2D eigenvalue weighted by Gasteiger charge is 2.11. The van der Waals surface area contributed by atoms with E-state index in [-0.39, 0.29) is 5.56 Å². The Kier molecular flexibility index (Phi) is 2.99. The first-order valence-corrected chi connectivity index (χ1v) is 6.33. The molecule has 4 heteroatoms. The third kappa shape index (κ3) is 1.95. The van der Waals surface area contributed by atoms with Crippen LogP contribution in [-0.4, -0.2) is 17.1 Å². The molecule has 0 aliphatic rings. The number of benzene rings is 1. The Labute approximate surface area is 116 Å². The summed E-state index contributed by atoms with van der Waals surface area (Å²) >= 11 is 0. The van der Waals surface area contributed by atoms with Gasteiger partial charge in [-0.1, -0.05) is 18.2 Å². The number of aryl methyl sites for hydroxylation is 1. The maximum Gasteiger partial charge on any atom is 0.256 e. The molecule has 3 aromatic rings. The van der Waals surface area contributed by atoms with Crippen LogP contribution in [0.5, 0.6) is 5.88 Å². The Hall–Kier alpha value is -2.62. The molecule has 0 saturated carbocycles. The molecule has 1 aromatic carbocycles. The number of pyridine rings is 2. The maximum absolute atomic E-state index is 12.3. The van der Waals surface area contributed by atoms with Gasteiger partial charge in [0, 0.05) is 28.7 Å². The number of H-pyrrole nitrogens is 1. The molecule has 20 heavy (non-hydrogen) atoms. The molecular weight excluding hydrogens is 252 g/mol. The fraction of sp³-hybridized carbons (Fsp3) is 0.125. The third-order valence-corrected chi connectivity index (χ3v) is 3.42. The lowest BCUT2D eigenvalue weighted by Gasteiger charge is -2.09. The zero-order valence-corrected chi connectivity index (χ0v) is 11.3. The van der Waals surface area contributed by atoms with Crippen LogP contribution in [0.4, 0.5) is 0 Å². The van der Waals surface area contributed by atoms with Gasteiger partial charge in [-0.25, -0.2) is 4.98 Å². The summed E-state index contributed by atoms with van der Waals surface area (Å²) in [7, 11) is 1.57. The van der Waals surface area contributed by atoms with Crippen LogP contribution in [0.15, 0.2) is 47.4 Å². The second-order valence-electron chi connectivity index (χ2n) is 4.59. The average molecular weight is 266 g/mol. The summed E-state index contributed by atoms with van der Waals surface area (Å²) in [6, 6.07) is 11.4. The second-order valence-corrected chi connectivity index (χ2v) is 4.59. The van der Waals surface area contributed by atoms with Gasteiger partial charge in [-0.15, -0.1) is 0 Å². The van der Waals surface area contributed by atoms with E-state index in [1.54, 1.807) is 19.4 Å². The van der Waals surface area contributed by atoms with Crippen LogP contribution in [-0.2, 0) is 0 Å². The molecule has 0 saturated heterocycles. The number of hydrogen-bond donors (Lipinski definition) is 1. The molecule has 0 atom stereocenters. The Bertz CT molecular complexity index is 820. The molecular formula is C16H14N2O2. The predicted molar refractivity (Wildman–Crippen MR) is 79.1 cm³/mol. The van der Waals surface area contributed by atoms with Crippen LogP contribution in [0.2, 0.25) is 0 Å². The van der Waals surface area contributed by atoms with Crippen molar-refractivity contribution in [1.29, 1.82) is 0 Å². The van der Waals surface area contributed by atoms with Crippen molar-refractivity contribution in [3.63, 3.8) is 0 Å². The van der Waals surface area contributed by atoms with E-state index in [0.29, 0.717) is 11.4 Å². The van der Waals surface area contributed by atoms with Gasteiger partial charge < -0.3 is 9.72 Å². The van der Waals surface area contributed by atoms with Crippen LogP contribution in [0.25, 0.3) is 22.0 Å².